The Morgan fingerprint density at radius 1 is 1.47 bits per heavy atom. The SMILES string of the molecule is CCC1CCC(C#N)(C2(O)CCOCC2C)C1. The van der Waals surface area contributed by atoms with E-state index in [1.807, 2.05) is 6.92 Å². The number of aliphatic hydroxyl groups is 1. The van der Waals surface area contributed by atoms with Crippen LogP contribution in [0.1, 0.15) is 46.0 Å². The van der Waals surface area contributed by atoms with Gasteiger partial charge in [0.25, 0.3) is 0 Å². The highest BCUT2D eigenvalue weighted by Crippen LogP contribution is 2.54. The van der Waals surface area contributed by atoms with Crippen LogP contribution in [0.2, 0.25) is 0 Å². The van der Waals surface area contributed by atoms with Gasteiger partial charge in [0.05, 0.1) is 23.7 Å². The van der Waals surface area contributed by atoms with Crippen LogP contribution in [0.4, 0.5) is 0 Å². The van der Waals surface area contributed by atoms with E-state index >= 15 is 0 Å². The highest BCUT2D eigenvalue weighted by molar-refractivity contribution is 5.16. The van der Waals surface area contributed by atoms with Crippen LogP contribution < -0.4 is 0 Å². The number of nitrogens with zero attached hydrogens (tertiary/aromatic N) is 1. The normalized spacial score (nSPS) is 46.7. The average molecular weight is 237 g/mol. The molecule has 0 spiro atoms. The van der Waals surface area contributed by atoms with E-state index in [0.717, 1.165) is 25.7 Å². The lowest BCUT2D eigenvalue weighted by Gasteiger charge is -2.47. The quantitative estimate of drug-likeness (QED) is 0.802. The topological polar surface area (TPSA) is 53.2 Å². The first-order chi connectivity index (χ1) is 8.08. The maximum atomic E-state index is 11.0. The van der Waals surface area contributed by atoms with Crippen molar-refractivity contribution in [3.05, 3.63) is 0 Å². The Labute approximate surface area is 104 Å². The molecule has 2 rings (SSSR count). The highest BCUT2D eigenvalue weighted by Gasteiger charge is 2.57. The molecule has 3 heteroatoms. The van der Waals surface area contributed by atoms with Gasteiger partial charge in [-0.05, 0) is 25.2 Å². The van der Waals surface area contributed by atoms with Crippen molar-refractivity contribution >= 4 is 0 Å². The summed E-state index contributed by atoms with van der Waals surface area (Å²) in [6.07, 6.45) is 4.52. The second-order valence-corrected chi connectivity index (χ2v) is 5.86. The van der Waals surface area contributed by atoms with Gasteiger partial charge < -0.3 is 9.84 Å². The first-order valence-corrected chi connectivity index (χ1v) is 6.79. The number of hydrogen-bond acceptors (Lipinski definition) is 3. The Morgan fingerprint density at radius 3 is 2.76 bits per heavy atom. The molecule has 0 radical (unpaired) electrons. The minimum Gasteiger partial charge on any atom is -0.388 e. The molecule has 0 aromatic heterocycles. The fourth-order valence-corrected chi connectivity index (χ4v) is 3.67. The van der Waals surface area contributed by atoms with Crippen LogP contribution >= 0.6 is 0 Å². The molecule has 96 valence electrons. The van der Waals surface area contributed by atoms with Crippen molar-refractivity contribution in [1.82, 2.24) is 0 Å². The lowest BCUT2D eigenvalue weighted by Crippen LogP contribution is -2.55. The summed E-state index contributed by atoms with van der Waals surface area (Å²) in [4.78, 5) is 0. The minimum atomic E-state index is -0.843. The number of rotatable bonds is 2. The number of hydrogen-bond donors (Lipinski definition) is 1. The third-order valence-electron chi connectivity index (χ3n) is 5.05. The van der Waals surface area contributed by atoms with E-state index in [1.54, 1.807) is 0 Å². The Morgan fingerprint density at radius 2 is 2.24 bits per heavy atom. The van der Waals surface area contributed by atoms with Crippen LogP contribution in [0.15, 0.2) is 0 Å². The maximum absolute atomic E-state index is 11.0. The zero-order valence-electron chi connectivity index (χ0n) is 10.9. The summed E-state index contributed by atoms with van der Waals surface area (Å²) < 4.78 is 5.41. The second kappa shape index (κ2) is 4.59. The van der Waals surface area contributed by atoms with Gasteiger partial charge in [0.2, 0.25) is 0 Å². The van der Waals surface area contributed by atoms with Gasteiger partial charge in [-0.15, -0.1) is 0 Å². The molecule has 0 aromatic carbocycles. The average Bonchev–Trinajstić information content (AvgIpc) is 2.78. The number of nitriles is 1. The summed E-state index contributed by atoms with van der Waals surface area (Å²) >= 11 is 0. The molecular weight excluding hydrogens is 214 g/mol. The van der Waals surface area contributed by atoms with Gasteiger partial charge in [0.1, 0.15) is 0 Å². The van der Waals surface area contributed by atoms with Crippen LogP contribution in [-0.2, 0) is 4.74 Å². The fraction of sp³-hybridized carbons (Fsp3) is 0.929. The van der Waals surface area contributed by atoms with E-state index in [0.29, 0.717) is 25.6 Å². The second-order valence-electron chi connectivity index (χ2n) is 5.86. The summed E-state index contributed by atoms with van der Waals surface area (Å²) in [6.45, 7) is 5.35. The van der Waals surface area contributed by atoms with Crippen molar-refractivity contribution in [3.8, 4) is 6.07 Å². The predicted octanol–water partition coefficient (Wildman–Crippen LogP) is 2.49. The van der Waals surface area contributed by atoms with Gasteiger partial charge in [-0.25, -0.2) is 0 Å². The molecule has 1 saturated heterocycles. The molecule has 2 aliphatic rings. The van der Waals surface area contributed by atoms with Crippen molar-refractivity contribution in [2.75, 3.05) is 13.2 Å². The zero-order valence-corrected chi connectivity index (χ0v) is 10.9. The van der Waals surface area contributed by atoms with Crippen molar-refractivity contribution in [2.24, 2.45) is 17.3 Å². The molecule has 1 aliphatic heterocycles. The Balaban J connectivity index is 2.26. The van der Waals surface area contributed by atoms with Gasteiger partial charge in [-0.1, -0.05) is 20.3 Å². The molecule has 1 heterocycles. The maximum Gasteiger partial charge on any atom is 0.0902 e. The van der Waals surface area contributed by atoms with Gasteiger partial charge >= 0.3 is 0 Å². The van der Waals surface area contributed by atoms with Gasteiger partial charge in [-0.3, -0.25) is 0 Å². The summed E-state index contributed by atoms with van der Waals surface area (Å²) in [6, 6.07) is 2.48. The molecule has 3 nitrogen and oxygen atoms in total. The van der Waals surface area contributed by atoms with Crippen molar-refractivity contribution < 1.29 is 9.84 Å². The summed E-state index contributed by atoms with van der Waals surface area (Å²) in [5, 5.41) is 20.6. The minimum absolute atomic E-state index is 0.0616. The van der Waals surface area contributed by atoms with Crippen molar-refractivity contribution in [2.45, 2.75) is 51.6 Å². The van der Waals surface area contributed by atoms with E-state index in [4.69, 9.17) is 4.74 Å². The van der Waals surface area contributed by atoms with Crippen LogP contribution in [0.25, 0.3) is 0 Å². The molecule has 0 aromatic rings. The van der Waals surface area contributed by atoms with Gasteiger partial charge in [-0.2, -0.15) is 5.26 Å². The third-order valence-corrected chi connectivity index (χ3v) is 5.05. The van der Waals surface area contributed by atoms with E-state index in [1.165, 1.54) is 0 Å². The highest BCUT2D eigenvalue weighted by atomic mass is 16.5. The van der Waals surface area contributed by atoms with E-state index in [9.17, 15) is 10.4 Å². The van der Waals surface area contributed by atoms with E-state index < -0.39 is 11.0 Å². The standard InChI is InChI=1S/C14H23NO2/c1-3-12-4-5-13(8-12,10-15)14(16)6-7-17-9-11(14)2/h11-12,16H,3-9H2,1-2H3. The summed E-state index contributed by atoms with van der Waals surface area (Å²) in [5.74, 6) is 0.667. The summed E-state index contributed by atoms with van der Waals surface area (Å²) in [5.41, 5.74) is -1.37. The van der Waals surface area contributed by atoms with Crippen LogP contribution in [-0.4, -0.2) is 23.9 Å². The van der Waals surface area contributed by atoms with E-state index in [2.05, 4.69) is 13.0 Å². The molecule has 4 atom stereocenters. The third kappa shape index (κ3) is 1.88. The van der Waals surface area contributed by atoms with Crippen LogP contribution in [0.5, 0.6) is 0 Å². The Bertz CT molecular complexity index is 325. The smallest absolute Gasteiger partial charge is 0.0902 e. The van der Waals surface area contributed by atoms with Crippen molar-refractivity contribution in [3.63, 3.8) is 0 Å². The van der Waals surface area contributed by atoms with Crippen LogP contribution in [0.3, 0.4) is 0 Å². The lowest BCUT2D eigenvalue weighted by molar-refractivity contribution is -0.161. The molecule has 4 unspecified atom stereocenters. The molecule has 1 N–H and O–H groups in total. The molecule has 1 aliphatic carbocycles. The molecule has 0 amide bonds. The van der Waals surface area contributed by atoms with E-state index in [-0.39, 0.29) is 5.92 Å². The predicted molar refractivity (Wildman–Crippen MR) is 65.2 cm³/mol. The molecule has 17 heavy (non-hydrogen) atoms. The Hall–Kier alpha value is -0.590. The fourth-order valence-electron chi connectivity index (χ4n) is 3.67. The largest absolute Gasteiger partial charge is 0.388 e. The first-order valence-electron chi connectivity index (χ1n) is 6.79. The molecular formula is C14H23NO2. The lowest BCUT2D eigenvalue weighted by atomic mass is 9.63. The van der Waals surface area contributed by atoms with Crippen LogP contribution in [0, 0.1) is 28.6 Å². The molecule has 1 saturated carbocycles. The van der Waals surface area contributed by atoms with Gasteiger partial charge in [0.15, 0.2) is 0 Å². The first kappa shape index (κ1) is 12.9. The number of ether oxygens (including phenoxy) is 1. The monoisotopic (exact) mass is 237 g/mol. The Kier molecular flexibility index (Phi) is 3.47. The molecule has 0 bridgehead atoms. The van der Waals surface area contributed by atoms with Crippen molar-refractivity contribution in [1.29, 1.82) is 5.26 Å². The molecule has 2 fully saturated rings. The van der Waals surface area contributed by atoms with Gasteiger partial charge in [0, 0.05) is 18.9 Å². The zero-order chi connectivity index (χ0) is 12.5. The summed E-state index contributed by atoms with van der Waals surface area (Å²) in [7, 11) is 0.